The molecule has 166 valence electrons. The van der Waals surface area contributed by atoms with E-state index < -0.39 is 0 Å². The van der Waals surface area contributed by atoms with Gasteiger partial charge in [0, 0.05) is 6.42 Å². The van der Waals surface area contributed by atoms with E-state index >= 15 is 0 Å². The lowest BCUT2D eigenvalue weighted by Crippen LogP contribution is -2.16. The first-order valence-corrected chi connectivity index (χ1v) is 11.7. The third kappa shape index (κ3) is 24.7. The number of hydrogen-bond donors (Lipinski definition) is 0. The fraction of sp³-hybridized carbons (Fsp3) is 0.731. The molecule has 1 saturated heterocycles. The molecule has 0 bridgehead atoms. The number of carbonyl (C=O) groups excluding carboxylic acids is 1. The summed E-state index contributed by atoms with van der Waals surface area (Å²) in [7, 11) is 0. The van der Waals surface area contributed by atoms with E-state index in [1.165, 1.54) is 19.3 Å². The molecule has 0 amide bonds. The molecule has 1 aliphatic heterocycles. The SMILES string of the molecule is CC.CC/C=C\C/C=C\C/C=C\CC(C)C1CCC(=O)O1.CCC.CCCC. The number of ether oxygens (including phenoxy) is 1. The van der Waals surface area contributed by atoms with Crippen LogP contribution < -0.4 is 0 Å². The molecule has 1 aliphatic rings. The van der Waals surface area contributed by atoms with E-state index in [1.54, 1.807) is 0 Å². The van der Waals surface area contributed by atoms with Crippen molar-refractivity contribution < 1.29 is 9.53 Å². The molecular formula is C26H50O2. The molecule has 0 aromatic heterocycles. The highest BCUT2D eigenvalue weighted by molar-refractivity contribution is 5.71. The molecule has 0 spiro atoms. The van der Waals surface area contributed by atoms with E-state index in [4.69, 9.17) is 4.74 Å². The lowest BCUT2D eigenvalue weighted by atomic mass is 9.98. The van der Waals surface area contributed by atoms with E-state index in [0.29, 0.717) is 12.3 Å². The van der Waals surface area contributed by atoms with Crippen LogP contribution in [0.25, 0.3) is 0 Å². The molecule has 0 saturated carbocycles. The van der Waals surface area contributed by atoms with Crippen LogP contribution >= 0.6 is 0 Å². The van der Waals surface area contributed by atoms with Crippen LogP contribution in [0.4, 0.5) is 0 Å². The summed E-state index contributed by atoms with van der Waals surface area (Å²) >= 11 is 0. The van der Waals surface area contributed by atoms with Crippen molar-refractivity contribution in [2.75, 3.05) is 0 Å². The Morgan fingerprint density at radius 2 is 1.36 bits per heavy atom. The number of carbonyl (C=O) groups is 1. The van der Waals surface area contributed by atoms with E-state index in [1.807, 2.05) is 13.8 Å². The summed E-state index contributed by atoms with van der Waals surface area (Å²) in [4.78, 5) is 11.0. The molecule has 0 radical (unpaired) electrons. The van der Waals surface area contributed by atoms with Crippen molar-refractivity contribution in [2.45, 2.75) is 119 Å². The molecule has 2 heteroatoms. The van der Waals surface area contributed by atoms with Crippen LogP contribution in [0.2, 0.25) is 0 Å². The minimum Gasteiger partial charge on any atom is -0.462 e. The van der Waals surface area contributed by atoms with Gasteiger partial charge in [0.05, 0.1) is 0 Å². The van der Waals surface area contributed by atoms with Crippen molar-refractivity contribution in [1.82, 2.24) is 0 Å². The molecule has 2 nitrogen and oxygen atoms in total. The zero-order chi connectivity index (χ0) is 22.0. The highest BCUT2D eigenvalue weighted by atomic mass is 16.5. The lowest BCUT2D eigenvalue weighted by molar-refractivity contribution is -0.142. The summed E-state index contributed by atoms with van der Waals surface area (Å²) in [5, 5.41) is 0. The number of allylic oxidation sites excluding steroid dienone is 6. The molecule has 2 unspecified atom stereocenters. The van der Waals surface area contributed by atoms with Crippen LogP contribution in [0.3, 0.4) is 0 Å². The first-order valence-electron chi connectivity index (χ1n) is 11.7. The highest BCUT2D eigenvalue weighted by Crippen LogP contribution is 2.23. The average Bonchev–Trinajstić information content (AvgIpc) is 3.15. The van der Waals surface area contributed by atoms with Gasteiger partial charge in [-0.3, -0.25) is 4.79 Å². The molecule has 0 aromatic carbocycles. The summed E-state index contributed by atoms with van der Waals surface area (Å²) in [5.41, 5.74) is 0. The average molecular weight is 395 g/mol. The largest absolute Gasteiger partial charge is 0.462 e. The van der Waals surface area contributed by atoms with Crippen molar-refractivity contribution in [3.63, 3.8) is 0 Å². The van der Waals surface area contributed by atoms with Gasteiger partial charge in [-0.2, -0.15) is 0 Å². The minimum absolute atomic E-state index is 0.0381. The summed E-state index contributed by atoms with van der Waals surface area (Å²) in [6.07, 6.45) is 22.7. The third-order valence-corrected chi connectivity index (χ3v) is 3.84. The van der Waals surface area contributed by atoms with Crippen LogP contribution in [-0.2, 0) is 9.53 Å². The predicted octanol–water partition coefficient (Wildman–Crippen LogP) is 8.83. The van der Waals surface area contributed by atoms with Crippen LogP contribution in [0, 0.1) is 5.92 Å². The first kappa shape index (κ1) is 31.4. The van der Waals surface area contributed by atoms with Crippen molar-refractivity contribution in [2.24, 2.45) is 5.92 Å². The van der Waals surface area contributed by atoms with Gasteiger partial charge in [-0.1, -0.05) is 111 Å². The van der Waals surface area contributed by atoms with E-state index in [9.17, 15) is 4.79 Å². The van der Waals surface area contributed by atoms with Gasteiger partial charge in [-0.25, -0.2) is 0 Å². The Kier molecular flexibility index (Phi) is 31.3. The first-order chi connectivity index (χ1) is 13.6. The topological polar surface area (TPSA) is 26.3 Å². The van der Waals surface area contributed by atoms with Crippen molar-refractivity contribution in [1.29, 1.82) is 0 Å². The molecule has 28 heavy (non-hydrogen) atoms. The quantitative estimate of drug-likeness (QED) is 0.288. The Morgan fingerprint density at radius 3 is 1.75 bits per heavy atom. The fourth-order valence-corrected chi connectivity index (χ4v) is 2.12. The second-order valence-electron chi connectivity index (χ2n) is 6.78. The Balaban J connectivity index is -0.000000589. The smallest absolute Gasteiger partial charge is 0.306 e. The molecule has 1 fully saturated rings. The van der Waals surface area contributed by atoms with Crippen LogP contribution in [0.5, 0.6) is 0 Å². The Hall–Kier alpha value is -1.31. The van der Waals surface area contributed by atoms with Gasteiger partial charge in [-0.15, -0.1) is 0 Å². The van der Waals surface area contributed by atoms with E-state index in [0.717, 1.165) is 32.1 Å². The highest BCUT2D eigenvalue weighted by Gasteiger charge is 2.27. The zero-order valence-corrected chi connectivity index (χ0v) is 20.3. The zero-order valence-electron chi connectivity index (χ0n) is 20.3. The van der Waals surface area contributed by atoms with Gasteiger partial charge in [0.25, 0.3) is 0 Å². The van der Waals surface area contributed by atoms with Crippen LogP contribution in [0.1, 0.15) is 113 Å². The number of unbranched alkanes of at least 4 members (excludes halogenated alkanes) is 1. The predicted molar refractivity (Wildman–Crippen MR) is 128 cm³/mol. The Labute approximate surface area is 177 Å². The van der Waals surface area contributed by atoms with Gasteiger partial charge in [0.2, 0.25) is 0 Å². The van der Waals surface area contributed by atoms with E-state index in [2.05, 4.69) is 78.0 Å². The minimum atomic E-state index is -0.0381. The van der Waals surface area contributed by atoms with Crippen molar-refractivity contribution in [3.8, 4) is 0 Å². The second-order valence-corrected chi connectivity index (χ2v) is 6.78. The second kappa shape index (κ2) is 27.9. The van der Waals surface area contributed by atoms with Crippen LogP contribution in [0.15, 0.2) is 36.5 Å². The maximum absolute atomic E-state index is 11.0. The molecule has 0 N–H and O–H groups in total. The summed E-state index contributed by atoms with van der Waals surface area (Å²) in [6, 6.07) is 0. The molecule has 1 heterocycles. The molecular weight excluding hydrogens is 344 g/mol. The maximum Gasteiger partial charge on any atom is 0.306 e. The van der Waals surface area contributed by atoms with Crippen LogP contribution in [-0.4, -0.2) is 12.1 Å². The van der Waals surface area contributed by atoms with Gasteiger partial charge in [0.1, 0.15) is 6.10 Å². The van der Waals surface area contributed by atoms with Gasteiger partial charge in [-0.05, 0) is 38.0 Å². The van der Waals surface area contributed by atoms with Gasteiger partial charge < -0.3 is 4.74 Å². The molecule has 0 aliphatic carbocycles. The van der Waals surface area contributed by atoms with Gasteiger partial charge >= 0.3 is 5.97 Å². The number of hydrogen-bond acceptors (Lipinski definition) is 2. The van der Waals surface area contributed by atoms with Crippen molar-refractivity contribution in [3.05, 3.63) is 36.5 Å². The molecule has 0 aromatic rings. The summed E-state index contributed by atoms with van der Waals surface area (Å²) < 4.78 is 5.26. The maximum atomic E-state index is 11.0. The lowest BCUT2D eigenvalue weighted by Gasteiger charge is -2.15. The monoisotopic (exact) mass is 394 g/mol. The third-order valence-electron chi connectivity index (χ3n) is 3.84. The molecule has 1 rings (SSSR count). The van der Waals surface area contributed by atoms with Gasteiger partial charge in [0.15, 0.2) is 0 Å². The normalized spacial score (nSPS) is 16.7. The summed E-state index contributed by atoms with van der Waals surface area (Å²) in [5.74, 6) is 0.392. The number of esters is 1. The van der Waals surface area contributed by atoms with Crippen molar-refractivity contribution >= 4 is 5.97 Å². The molecule has 2 atom stereocenters. The van der Waals surface area contributed by atoms with E-state index in [-0.39, 0.29) is 12.1 Å². The standard InChI is InChI=1S/C17H26O2.C4H10.C3H8.C2H6/c1-3-4-5-6-7-8-9-10-11-12-15(2)16-13-14-17(18)19-16;1-3-4-2;1-3-2;1-2/h4-5,7-8,10-11,15-16H,3,6,9,12-14H2,1-2H3;3-4H2,1-2H3;3H2,1-2H3;1-2H3/b5-4-,8-7-,11-10-;;;. The fourth-order valence-electron chi connectivity index (χ4n) is 2.12. The summed E-state index contributed by atoms with van der Waals surface area (Å²) in [6.45, 7) is 16.9. The number of cyclic esters (lactones) is 1. The Bertz CT molecular complexity index is 378. The number of rotatable bonds is 9. The Morgan fingerprint density at radius 1 is 0.893 bits per heavy atom.